The lowest BCUT2D eigenvalue weighted by molar-refractivity contribution is 0.0941. The maximum Gasteiger partial charge on any atom is 0.263 e. The van der Waals surface area contributed by atoms with E-state index in [1.807, 2.05) is 13.8 Å². The van der Waals surface area contributed by atoms with Gasteiger partial charge in [0.15, 0.2) is 0 Å². The number of nitrogens with one attached hydrogen (secondary N) is 2. The Balaban J connectivity index is 2.06. The number of thiazole rings is 1. The molecule has 0 radical (unpaired) electrons. The van der Waals surface area contributed by atoms with E-state index in [2.05, 4.69) is 20.3 Å². The van der Waals surface area contributed by atoms with Crippen molar-refractivity contribution in [2.45, 2.75) is 19.9 Å². The Kier molecular flexibility index (Phi) is 3.00. The van der Waals surface area contributed by atoms with Gasteiger partial charge in [0.1, 0.15) is 10.7 Å². The summed E-state index contributed by atoms with van der Waals surface area (Å²) in [5.74, 6) is 0.638. The number of carbonyl (C=O) groups is 1. The van der Waals surface area contributed by atoms with Crippen LogP contribution in [-0.2, 0) is 0 Å². The van der Waals surface area contributed by atoms with Crippen molar-refractivity contribution in [1.29, 1.82) is 0 Å². The Morgan fingerprint density at radius 2 is 2.38 bits per heavy atom. The minimum absolute atomic E-state index is 0.107. The smallest absolute Gasteiger partial charge is 0.263 e. The summed E-state index contributed by atoms with van der Waals surface area (Å²) in [5.41, 5.74) is 2.43. The minimum atomic E-state index is -0.135. The van der Waals surface area contributed by atoms with Crippen molar-refractivity contribution in [2.75, 3.05) is 0 Å². The number of aromatic nitrogens is 3. The number of hydrogen-bond acceptors (Lipinski definition) is 4. The molecule has 2 rings (SSSR count). The quantitative estimate of drug-likeness (QED) is 0.851. The highest BCUT2D eigenvalue weighted by Gasteiger charge is 2.16. The van der Waals surface area contributed by atoms with E-state index in [0.29, 0.717) is 4.88 Å². The molecule has 84 valence electrons. The second-order valence-corrected chi connectivity index (χ2v) is 4.29. The van der Waals surface area contributed by atoms with Crippen LogP contribution in [0.3, 0.4) is 0 Å². The van der Waals surface area contributed by atoms with Crippen molar-refractivity contribution in [1.82, 2.24) is 20.3 Å². The predicted octanol–water partition coefficient (Wildman–Crippen LogP) is 1.67. The number of imidazole rings is 1. The fourth-order valence-electron chi connectivity index (χ4n) is 1.36. The average Bonchev–Trinajstić information content (AvgIpc) is 2.86. The first-order valence-corrected chi connectivity index (χ1v) is 5.76. The summed E-state index contributed by atoms with van der Waals surface area (Å²) in [6.07, 6.45) is 3.39. The van der Waals surface area contributed by atoms with Gasteiger partial charge in [-0.2, -0.15) is 0 Å². The second kappa shape index (κ2) is 4.44. The van der Waals surface area contributed by atoms with E-state index in [9.17, 15) is 4.79 Å². The molecule has 0 aliphatic carbocycles. The molecule has 0 aliphatic heterocycles. The summed E-state index contributed by atoms with van der Waals surface area (Å²) in [6, 6.07) is -0.135. The van der Waals surface area contributed by atoms with Crippen LogP contribution in [0.4, 0.5) is 0 Å². The SMILES string of the molecule is Cc1ncsc1C(=O)NC(C)c1ncc[nH]1. The zero-order valence-electron chi connectivity index (χ0n) is 9.02. The monoisotopic (exact) mass is 236 g/mol. The first-order chi connectivity index (χ1) is 7.68. The topological polar surface area (TPSA) is 70.7 Å². The van der Waals surface area contributed by atoms with E-state index < -0.39 is 0 Å². The molecule has 0 fully saturated rings. The average molecular weight is 236 g/mol. The molecule has 1 atom stereocenters. The molecular formula is C10H12N4OS. The molecule has 0 spiro atoms. The van der Waals surface area contributed by atoms with Gasteiger partial charge in [0.05, 0.1) is 17.2 Å². The van der Waals surface area contributed by atoms with Crippen LogP contribution in [-0.4, -0.2) is 20.9 Å². The highest BCUT2D eigenvalue weighted by atomic mass is 32.1. The van der Waals surface area contributed by atoms with E-state index in [1.54, 1.807) is 17.9 Å². The van der Waals surface area contributed by atoms with Crippen LogP contribution in [0.25, 0.3) is 0 Å². The molecule has 0 bridgehead atoms. The van der Waals surface area contributed by atoms with E-state index in [4.69, 9.17) is 0 Å². The van der Waals surface area contributed by atoms with E-state index in [-0.39, 0.29) is 11.9 Å². The molecule has 6 heteroatoms. The van der Waals surface area contributed by atoms with Gasteiger partial charge in [-0.05, 0) is 13.8 Å². The maximum atomic E-state index is 11.8. The number of aromatic amines is 1. The van der Waals surface area contributed by atoms with Crippen LogP contribution in [0.2, 0.25) is 0 Å². The number of amides is 1. The van der Waals surface area contributed by atoms with Crippen molar-refractivity contribution < 1.29 is 4.79 Å². The van der Waals surface area contributed by atoms with Crippen LogP contribution in [0, 0.1) is 6.92 Å². The van der Waals surface area contributed by atoms with Crippen molar-refractivity contribution in [3.63, 3.8) is 0 Å². The van der Waals surface area contributed by atoms with Gasteiger partial charge in [0, 0.05) is 12.4 Å². The van der Waals surface area contributed by atoms with Gasteiger partial charge >= 0.3 is 0 Å². The summed E-state index contributed by atoms with van der Waals surface area (Å²) >= 11 is 1.34. The standard InChI is InChI=1S/C10H12N4OS/c1-6-8(16-5-13-6)10(15)14-7(2)9-11-3-4-12-9/h3-5,7H,1-2H3,(H,11,12)(H,14,15). The molecule has 16 heavy (non-hydrogen) atoms. The minimum Gasteiger partial charge on any atom is -0.347 e. The Morgan fingerprint density at radius 3 is 2.94 bits per heavy atom. The van der Waals surface area contributed by atoms with Gasteiger partial charge in [0.2, 0.25) is 0 Å². The third-order valence-electron chi connectivity index (χ3n) is 2.23. The molecule has 2 heterocycles. The molecule has 0 aromatic carbocycles. The normalized spacial score (nSPS) is 12.4. The predicted molar refractivity (Wildman–Crippen MR) is 61.3 cm³/mol. The summed E-state index contributed by atoms with van der Waals surface area (Å²) < 4.78 is 0. The van der Waals surface area contributed by atoms with Gasteiger partial charge in [-0.1, -0.05) is 0 Å². The first kappa shape index (κ1) is 10.8. The van der Waals surface area contributed by atoms with Gasteiger partial charge < -0.3 is 10.3 Å². The summed E-state index contributed by atoms with van der Waals surface area (Å²) in [6.45, 7) is 3.70. The zero-order valence-corrected chi connectivity index (χ0v) is 9.84. The van der Waals surface area contributed by atoms with Gasteiger partial charge in [0.25, 0.3) is 5.91 Å². The molecule has 2 aromatic rings. The molecule has 5 nitrogen and oxygen atoms in total. The Bertz CT molecular complexity index is 477. The lowest BCUT2D eigenvalue weighted by atomic mass is 10.3. The fraction of sp³-hybridized carbons (Fsp3) is 0.300. The molecule has 1 unspecified atom stereocenters. The van der Waals surface area contributed by atoms with Crippen LogP contribution >= 0.6 is 11.3 Å². The molecule has 0 saturated carbocycles. The van der Waals surface area contributed by atoms with Crippen molar-refractivity contribution in [3.05, 3.63) is 34.3 Å². The highest BCUT2D eigenvalue weighted by molar-refractivity contribution is 7.11. The lowest BCUT2D eigenvalue weighted by Crippen LogP contribution is -2.27. The van der Waals surface area contributed by atoms with Crippen LogP contribution in [0.5, 0.6) is 0 Å². The fourth-order valence-corrected chi connectivity index (χ4v) is 2.07. The Hall–Kier alpha value is -1.69. The molecular weight excluding hydrogens is 224 g/mol. The lowest BCUT2D eigenvalue weighted by Gasteiger charge is -2.10. The van der Waals surface area contributed by atoms with Gasteiger partial charge in [-0.25, -0.2) is 9.97 Å². The molecule has 2 aromatic heterocycles. The van der Waals surface area contributed by atoms with E-state index in [1.165, 1.54) is 11.3 Å². The second-order valence-electron chi connectivity index (χ2n) is 3.44. The molecule has 1 amide bonds. The number of hydrogen-bond donors (Lipinski definition) is 2. The third kappa shape index (κ3) is 2.11. The van der Waals surface area contributed by atoms with Crippen LogP contribution in [0.1, 0.15) is 34.2 Å². The number of carbonyl (C=O) groups excluding carboxylic acids is 1. The number of nitrogens with zero attached hydrogens (tertiary/aromatic N) is 2. The van der Waals surface area contributed by atoms with E-state index >= 15 is 0 Å². The Morgan fingerprint density at radius 1 is 1.56 bits per heavy atom. The first-order valence-electron chi connectivity index (χ1n) is 4.88. The summed E-state index contributed by atoms with van der Waals surface area (Å²) in [4.78, 5) is 23.6. The third-order valence-corrected chi connectivity index (χ3v) is 3.16. The molecule has 0 aliphatic rings. The van der Waals surface area contributed by atoms with Gasteiger partial charge in [-0.3, -0.25) is 4.79 Å². The van der Waals surface area contributed by atoms with Crippen molar-refractivity contribution in [2.24, 2.45) is 0 Å². The number of rotatable bonds is 3. The summed E-state index contributed by atoms with van der Waals surface area (Å²) in [7, 11) is 0. The Labute approximate surface area is 96.9 Å². The number of H-pyrrole nitrogens is 1. The van der Waals surface area contributed by atoms with Crippen LogP contribution < -0.4 is 5.32 Å². The highest BCUT2D eigenvalue weighted by Crippen LogP contribution is 2.14. The molecule has 0 saturated heterocycles. The van der Waals surface area contributed by atoms with Crippen molar-refractivity contribution >= 4 is 17.2 Å². The van der Waals surface area contributed by atoms with Crippen LogP contribution in [0.15, 0.2) is 17.9 Å². The van der Waals surface area contributed by atoms with E-state index in [0.717, 1.165) is 11.5 Å². The maximum absolute atomic E-state index is 11.8. The number of aryl methyl sites for hydroxylation is 1. The largest absolute Gasteiger partial charge is 0.347 e. The zero-order chi connectivity index (χ0) is 11.5. The molecule has 2 N–H and O–H groups in total. The van der Waals surface area contributed by atoms with Gasteiger partial charge in [-0.15, -0.1) is 11.3 Å². The summed E-state index contributed by atoms with van der Waals surface area (Å²) in [5, 5.41) is 2.86. The van der Waals surface area contributed by atoms with Crippen molar-refractivity contribution in [3.8, 4) is 0 Å².